The van der Waals surface area contributed by atoms with Crippen molar-refractivity contribution in [1.29, 1.82) is 5.26 Å². The monoisotopic (exact) mass is 686 g/mol. The van der Waals surface area contributed by atoms with Crippen LogP contribution in [-0.2, 0) is 0 Å². The van der Waals surface area contributed by atoms with E-state index in [2.05, 4.69) is 34.5 Å². The van der Waals surface area contributed by atoms with Crippen LogP contribution in [-0.4, -0.2) is 22.4 Å². The number of nitrogens with zero attached hydrogens (tertiary/aromatic N) is 3. The average molecular weight is 687 g/mol. The molecule has 0 amide bonds. The van der Waals surface area contributed by atoms with Crippen LogP contribution in [0.3, 0.4) is 0 Å². The van der Waals surface area contributed by atoms with Gasteiger partial charge in [-0.25, -0.2) is 0 Å². The molecule has 0 saturated carbocycles. The number of phenols is 1. The Hall–Kier alpha value is -4.82. The molecule has 0 atom stereocenters. The van der Waals surface area contributed by atoms with Gasteiger partial charge in [0.15, 0.2) is 0 Å². The SMILES string of the molecule is C=CN=C(C=C)COc1ccc(Nc2c(C#N)cnc3c(O)cccc23)cc1Cl.CC.[Es]. The summed E-state index contributed by atoms with van der Waals surface area (Å²) in [5.41, 5.74) is 2.55. The van der Waals surface area contributed by atoms with Crippen LogP contribution in [0.15, 0.2) is 73.0 Å². The predicted molar refractivity (Wildman–Crippen MR) is 128 cm³/mol. The van der Waals surface area contributed by atoms with Crippen molar-refractivity contribution in [1.82, 2.24) is 4.98 Å². The minimum absolute atomic E-state index is 0. The second-order valence-electron chi connectivity index (χ2n) is 5.90. The molecule has 0 spiro atoms. The summed E-state index contributed by atoms with van der Waals surface area (Å²) in [6.45, 7) is 11.4. The number of fused-ring (bicyclic) bond motifs is 1. The van der Waals surface area contributed by atoms with Crippen molar-refractivity contribution in [3.05, 3.63) is 78.6 Å². The Morgan fingerprint density at radius 1 is 1.31 bits per heavy atom. The van der Waals surface area contributed by atoms with Crippen LogP contribution in [0.2, 0.25) is 5.02 Å². The van der Waals surface area contributed by atoms with E-state index in [4.69, 9.17) is 16.3 Å². The standard InChI is InChI=1S/C22H17ClN4O2.C2H6.Es/c1-3-15(25-4-2)13-29-20-9-8-16(10-18(20)23)27-21-14(11-24)12-26-22-17(21)6-5-7-19(22)28;1-2;/h3-10,12,28H,1-2,13H2,(H,26,27);1-2H3;. The molecule has 3 aromatic rings. The van der Waals surface area contributed by atoms with Gasteiger partial charge in [-0.3, -0.25) is 9.98 Å². The molecular weight excluding hydrogens is 664 g/mol. The smallest absolute Gasteiger partial charge is 0.141 e. The fraction of sp³-hybridized carbons (Fsp3) is 0.125. The Labute approximate surface area is 186 Å². The van der Waals surface area contributed by atoms with Gasteiger partial charge in [-0.15, -0.1) is 0 Å². The number of pyridine rings is 1. The summed E-state index contributed by atoms with van der Waals surface area (Å²) in [6.07, 6.45) is 4.41. The number of benzene rings is 2. The summed E-state index contributed by atoms with van der Waals surface area (Å²) in [4.78, 5) is 8.21. The van der Waals surface area contributed by atoms with E-state index < -0.39 is 0 Å². The molecule has 0 unspecified atom stereocenters. The predicted octanol–water partition coefficient (Wildman–Crippen LogP) is 6.38. The van der Waals surface area contributed by atoms with Crippen LogP contribution in [0.5, 0.6) is 11.5 Å². The number of aromatic hydroxyl groups is 1. The number of rotatable bonds is 7. The summed E-state index contributed by atoms with van der Waals surface area (Å²) in [5.74, 6) is 0.518. The number of para-hydroxylation sites is 1. The number of hydrogen-bond acceptors (Lipinski definition) is 6. The van der Waals surface area contributed by atoms with Crippen molar-refractivity contribution >= 4 is 39.6 Å². The molecule has 0 aliphatic carbocycles. The van der Waals surface area contributed by atoms with Gasteiger partial charge in [-0.2, -0.15) is 5.26 Å². The molecule has 0 saturated heterocycles. The van der Waals surface area contributed by atoms with E-state index in [9.17, 15) is 10.4 Å². The Balaban J connectivity index is 0.00000166. The molecule has 2 aromatic carbocycles. The normalized spacial score (nSPS) is 10.1. The first-order chi connectivity index (χ1) is 15.1. The van der Waals surface area contributed by atoms with E-state index in [1.165, 1.54) is 12.4 Å². The number of ether oxygens (including phenoxy) is 1. The summed E-state index contributed by atoms with van der Waals surface area (Å²) in [6, 6.07) is 12.3. The molecule has 169 valence electrons. The van der Waals surface area contributed by atoms with E-state index >= 15 is 0 Å². The number of nitriles is 1. The Morgan fingerprint density at radius 3 is 2.69 bits per heavy atom. The van der Waals surface area contributed by atoms with Crippen LogP contribution in [0, 0.1) is 11.3 Å². The molecule has 32 heavy (non-hydrogen) atoms. The molecule has 1 radical (unpaired) electrons. The third-order valence-corrected chi connectivity index (χ3v) is 4.36. The second-order valence-corrected chi connectivity index (χ2v) is 6.31. The van der Waals surface area contributed by atoms with Crippen molar-refractivity contribution in [2.45, 2.75) is 13.8 Å². The fourth-order valence-electron chi connectivity index (χ4n) is 2.68. The van der Waals surface area contributed by atoms with Gasteiger partial charge in [0.1, 0.15) is 29.7 Å². The molecule has 0 fully saturated rings. The topological polar surface area (TPSA) is 90.5 Å². The number of halogens is 1. The molecule has 2 N–H and O–H groups in total. The van der Waals surface area contributed by atoms with Crippen molar-refractivity contribution in [3.63, 3.8) is 0 Å². The van der Waals surface area contributed by atoms with Crippen LogP contribution >= 0.6 is 11.6 Å². The number of aliphatic imine (C=N–C) groups is 1. The Morgan fingerprint density at radius 2 is 2.06 bits per heavy atom. The van der Waals surface area contributed by atoms with Gasteiger partial charge < -0.3 is 15.2 Å². The van der Waals surface area contributed by atoms with Crippen molar-refractivity contribution in [2.24, 2.45) is 4.99 Å². The van der Waals surface area contributed by atoms with Crippen molar-refractivity contribution < 1.29 is 9.84 Å². The Bertz CT molecular complexity index is 1170. The van der Waals surface area contributed by atoms with Gasteiger partial charge in [-0.1, -0.05) is 50.7 Å². The molecule has 0 aliphatic rings. The van der Waals surface area contributed by atoms with E-state index in [1.54, 1.807) is 42.5 Å². The average Bonchev–Trinajstić information content (AvgIpc) is 2.79. The first kappa shape index (κ1) is 25.2. The largest absolute Gasteiger partial charge is 0.506 e. The third-order valence-electron chi connectivity index (χ3n) is 4.07. The maximum absolute atomic E-state index is 10.0. The second kappa shape index (κ2) is 12.0. The molecular formula is C24H23ClEsN4O2. The van der Waals surface area contributed by atoms with Crippen LogP contribution < -0.4 is 10.1 Å². The quantitative estimate of drug-likeness (QED) is 0.282. The van der Waals surface area contributed by atoms with Crippen LogP contribution in [0.1, 0.15) is 19.4 Å². The van der Waals surface area contributed by atoms with Gasteiger partial charge in [-0.05, 0) is 30.3 Å². The van der Waals surface area contributed by atoms with Crippen molar-refractivity contribution in [2.75, 3.05) is 11.9 Å². The van der Waals surface area contributed by atoms with Gasteiger partial charge in [0.25, 0.3) is 0 Å². The van der Waals surface area contributed by atoms with Gasteiger partial charge in [0.05, 0.1) is 22.0 Å². The van der Waals surface area contributed by atoms with E-state index in [0.717, 1.165) is 0 Å². The zero-order valence-corrected chi connectivity index (χ0v) is 21.0. The molecule has 8 heteroatoms. The summed E-state index contributed by atoms with van der Waals surface area (Å²) >= 11 is 6.35. The minimum Gasteiger partial charge on any atom is -0.506 e. The molecule has 6 nitrogen and oxygen atoms in total. The Kier molecular flexibility index (Phi) is 9.46. The number of hydrogen-bond donors (Lipinski definition) is 2. The third kappa shape index (κ3) is 5.62. The summed E-state index contributed by atoms with van der Waals surface area (Å²) in [7, 11) is 0. The minimum atomic E-state index is 0. The van der Waals surface area contributed by atoms with Crippen LogP contribution in [0.25, 0.3) is 10.9 Å². The molecule has 1 heterocycles. The molecule has 3 rings (SSSR count). The molecule has 1 aromatic heterocycles. The van der Waals surface area contributed by atoms with E-state index in [1.807, 2.05) is 13.8 Å². The zero-order chi connectivity index (χ0) is 22.8. The van der Waals surface area contributed by atoms with E-state index in [-0.39, 0.29) is 12.4 Å². The number of aromatic nitrogens is 1. The zero-order valence-electron chi connectivity index (χ0n) is 17.7. The van der Waals surface area contributed by atoms with Gasteiger partial charge in [0.2, 0.25) is 0 Å². The number of nitrogens with one attached hydrogen (secondary N) is 1. The first-order valence-electron chi connectivity index (χ1n) is 9.57. The van der Waals surface area contributed by atoms with Gasteiger partial charge >= 0.3 is 0 Å². The first-order valence-corrected chi connectivity index (χ1v) is 9.95. The summed E-state index contributed by atoms with van der Waals surface area (Å²) in [5, 5.41) is 23.7. The van der Waals surface area contributed by atoms with Gasteiger partial charge in [0, 0.05) is 23.5 Å². The van der Waals surface area contributed by atoms with E-state index in [0.29, 0.717) is 44.3 Å². The van der Waals surface area contributed by atoms with Crippen molar-refractivity contribution in [3.8, 4) is 17.6 Å². The molecule has 0 bridgehead atoms. The molecule has 0 aliphatic heterocycles. The van der Waals surface area contributed by atoms with Crippen LogP contribution in [0.4, 0.5) is 11.4 Å². The maximum atomic E-state index is 10.0. The number of anilines is 2. The summed E-state index contributed by atoms with van der Waals surface area (Å²) < 4.78 is 5.67. The maximum Gasteiger partial charge on any atom is 0.141 e. The number of phenolic OH excluding ortho intramolecular Hbond substituents is 1. The fourth-order valence-corrected chi connectivity index (χ4v) is 2.92.